The molecule has 84 valence electrons. The van der Waals surface area contributed by atoms with Gasteiger partial charge in [0.25, 0.3) is 0 Å². The molecule has 4 N–H and O–H groups in total. The fourth-order valence-electron chi connectivity index (χ4n) is 1.29. The molecular weight excluding hydrogens is 192 g/mol. The van der Waals surface area contributed by atoms with Crippen molar-refractivity contribution >= 4 is 11.6 Å². The molecule has 1 atom stereocenters. The van der Waals surface area contributed by atoms with E-state index in [0.717, 1.165) is 24.2 Å². The highest BCUT2D eigenvalue weighted by atomic mass is 16.3. The Hall–Kier alpha value is -1.36. The van der Waals surface area contributed by atoms with Crippen LogP contribution in [0.3, 0.4) is 0 Å². The molecule has 0 spiro atoms. The lowest BCUT2D eigenvalue weighted by Crippen LogP contribution is -2.20. The number of nitrogen functional groups attached to an aromatic ring is 1. The normalized spacial score (nSPS) is 12.5. The molecule has 0 aliphatic heterocycles. The van der Waals surface area contributed by atoms with Crippen molar-refractivity contribution in [2.75, 3.05) is 17.6 Å². The SMILES string of the molecule is CCc1c(N)ncnc1NCC(O)CC. The summed E-state index contributed by atoms with van der Waals surface area (Å²) in [4.78, 5) is 8.03. The Balaban J connectivity index is 2.72. The van der Waals surface area contributed by atoms with Crippen LogP contribution >= 0.6 is 0 Å². The molecule has 15 heavy (non-hydrogen) atoms. The van der Waals surface area contributed by atoms with Gasteiger partial charge < -0.3 is 16.2 Å². The molecule has 1 rings (SSSR count). The van der Waals surface area contributed by atoms with E-state index in [-0.39, 0.29) is 6.10 Å². The number of aliphatic hydroxyl groups excluding tert-OH is 1. The average Bonchev–Trinajstić information content (AvgIpc) is 2.25. The van der Waals surface area contributed by atoms with Crippen molar-refractivity contribution in [3.63, 3.8) is 0 Å². The minimum Gasteiger partial charge on any atom is -0.391 e. The topological polar surface area (TPSA) is 84.1 Å². The van der Waals surface area contributed by atoms with Crippen LogP contribution in [0.5, 0.6) is 0 Å². The summed E-state index contributed by atoms with van der Waals surface area (Å²) < 4.78 is 0. The average molecular weight is 210 g/mol. The number of nitrogens with two attached hydrogens (primary N) is 1. The van der Waals surface area contributed by atoms with E-state index in [9.17, 15) is 5.11 Å². The van der Waals surface area contributed by atoms with E-state index in [2.05, 4.69) is 15.3 Å². The quantitative estimate of drug-likeness (QED) is 0.669. The van der Waals surface area contributed by atoms with Crippen molar-refractivity contribution in [1.29, 1.82) is 0 Å². The van der Waals surface area contributed by atoms with E-state index in [1.165, 1.54) is 6.33 Å². The first-order valence-corrected chi connectivity index (χ1v) is 5.20. The molecule has 5 heteroatoms. The van der Waals surface area contributed by atoms with Crippen LogP contribution in [0, 0.1) is 0 Å². The zero-order chi connectivity index (χ0) is 11.3. The van der Waals surface area contributed by atoms with Gasteiger partial charge in [0.15, 0.2) is 0 Å². The van der Waals surface area contributed by atoms with Crippen molar-refractivity contribution in [1.82, 2.24) is 9.97 Å². The first-order valence-electron chi connectivity index (χ1n) is 5.20. The first-order chi connectivity index (χ1) is 7.19. The van der Waals surface area contributed by atoms with Crippen molar-refractivity contribution < 1.29 is 5.11 Å². The fraction of sp³-hybridized carbons (Fsp3) is 0.600. The number of rotatable bonds is 5. The molecule has 1 aromatic heterocycles. The second-order valence-corrected chi connectivity index (χ2v) is 3.38. The second kappa shape index (κ2) is 5.50. The molecule has 1 aromatic rings. The molecule has 0 saturated carbocycles. The summed E-state index contributed by atoms with van der Waals surface area (Å²) >= 11 is 0. The molecule has 1 unspecified atom stereocenters. The summed E-state index contributed by atoms with van der Waals surface area (Å²) in [6.45, 7) is 4.41. The highest BCUT2D eigenvalue weighted by Gasteiger charge is 2.08. The van der Waals surface area contributed by atoms with Crippen LogP contribution in [0.2, 0.25) is 0 Å². The van der Waals surface area contributed by atoms with Gasteiger partial charge in [-0.15, -0.1) is 0 Å². The smallest absolute Gasteiger partial charge is 0.134 e. The van der Waals surface area contributed by atoms with Crippen LogP contribution < -0.4 is 11.1 Å². The zero-order valence-corrected chi connectivity index (χ0v) is 9.20. The maximum Gasteiger partial charge on any atom is 0.134 e. The summed E-state index contributed by atoms with van der Waals surface area (Å²) in [5, 5.41) is 12.5. The van der Waals surface area contributed by atoms with Gasteiger partial charge in [0, 0.05) is 12.1 Å². The third kappa shape index (κ3) is 3.06. The maximum atomic E-state index is 9.41. The number of nitrogens with one attached hydrogen (secondary N) is 1. The van der Waals surface area contributed by atoms with Gasteiger partial charge in [0.05, 0.1) is 6.10 Å². The van der Waals surface area contributed by atoms with Gasteiger partial charge in [-0.3, -0.25) is 0 Å². The van der Waals surface area contributed by atoms with Crippen LogP contribution in [0.15, 0.2) is 6.33 Å². The van der Waals surface area contributed by atoms with Crippen molar-refractivity contribution in [2.45, 2.75) is 32.8 Å². The number of hydrogen-bond donors (Lipinski definition) is 3. The molecule has 0 fully saturated rings. The Morgan fingerprint density at radius 1 is 1.47 bits per heavy atom. The van der Waals surface area contributed by atoms with E-state index in [0.29, 0.717) is 12.4 Å². The number of aliphatic hydroxyl groups is 1. The van der Waals surface area contributed by atoms with Crippen LogP contribution in [0.25, 0.3) is 0 Å². The van der Waals surface area contributed by atoms with Crippen molar-refractivity contribution in [3.8, 4) is 0 Å². The Kier molecular flexibility index (Phi) is 4.30. The van der Waals surface area contributed by atoms with Gasteiger partial charge in [0.2, 0.25) is 0 Å². The Morgan fingerprint density at radius 3 is 2.80 bits per heavy atom. The van der Waals surface area contributed by atoms with Gasteiger partial charge in [-0.2, -0.15) is 0 Å². The largest absolute Gasteiger partial charge is 0.391 e. The summed E-state index contributed by atoms with van der Waals surface area (Å²) in [7, 11) is 0. The molecule has 0 aliphatic carbocycles. The number of aromatic nitrogens is 2. The Bertz CT molecular complexity index is 316. The van der Waals surface area contributed by atoms with Gasteiger partial charge in [-0.05, 0) is 12.8 Å². The lowest BCUT2D eigenvalue weighted by atomic mass is 10.2. The second-order valence-electron chi connectivity index (χ2n) is 3.38. The third-order valence-corrected chi connectivity index (χ3v) is 2.31. The maximum absolute atomic E-state index is 9.41. The van der Waals surface area contributed by atoms with Crippen LogP contribution in [0.1, 0.15) is 25.8 Å². The van der Waals surface area contributed by atoms with Gasteiger partial charge in [-0.25, -0.2) is 9.97 Å². The molecule has 1 heterocycles. The molecule has 5 nitrogen and oxygen atoms in total. The number of anilines is 2. The van der Waals surface area contributed by atoms with Crippen LogP contribution in [-0.2, 0) is 6.42 Å². The van der Waals surface area contributed by atoms with Gasteiger partial charge >= 0.3 is 0 Å². The molecular formula is C10H18N4O. The molecule has 0 radical (unpaired) electrons. The van der Waals surface area contributed by atoms with Gasteiger partial charge in [0.1, 0.15) is 18.0 Å². The minimum absolute atomic E-state index is 0.356. The summed E-state index contributed by atoms with van der Waals surface area (Å²) in [5.41, 5.74) is 6.62. The zero-order valence-electron chi connectivity index (χ0n) is 9.20. The summed E-state index contributed by atoms with van der Waals surface area (Å²) in [5.74, 6) is 1.22. The Labute approximate surface area is 89.7 Å². The summed E-state index contributed by atoms with van der Waals surface area (Å²) in [6.07, 6.45) is 2.56. The van der Waals surface area contributed by atoms with E-state index in [1.54, 1.807) is 0 Å². The van der Waals surface area contributed by atoms with Crippen LogP contribution in [0.4, 0.5) is 11.6 Å². The fourth-order valence-corrected chi connectivity index (χ4v) is 1.29. The van der Waals surface area contributed by atoms with E-state index >= 15 is 0 Å². The molecule has 0 amide bonds. The van der Waals surface area contributed by atoms with E-state index in [1.807, 2.05) is 13.8 Å². The highest BCUT2D eigenvalue weighted by molar-refractivity contribution is 5.54. The Morgan fingerprint density at radius 2 is 2.20 bits per heavy atom. The predicted molar refractivity (Wildman–Crippen MR) is 60.6 cm³/mol. The van der Waals surface area contributed by atoms with Crippen LogP contribution in [-0.4, -0.2) is 27.7 Å². The monoisotopic (exact) mass is 210 g/mol. The predicted octanol–water partition coefficient (Wildman–Crippen LogP) is 0.804. The van der Waals surface area contributed by atoms with Crippen molar-refractivity contribution in [3.05, 3.63) is 11.9 Å². The lowest BCUT2D eigenvalue weighted by molar-refractivity contribution is 0.183. The first kappa shape index (κ1) is 11.7. The van der Waals surface area contributed by atoms with E-state index < -0.39 is 0 Å². The molecule has 0 saturated heterocycles. The lowest BCUT2D eigenvalue weighted by Gasteiger charge is -2.13. The molecule has 0 bridgehead atoms. The summed E-state index contributed by atoms with van der Waals surface area (Å²) in [6, 6.07) is 0. The van der Waals surface area contributed by atoms with E-state index in [4.69, 9.17) is 5.73 Å². The number of hydrogen-bond acceptors (Lipinski definition) is 5. The van der Waals surface area contributed by atoms with Crippen molar-refractivity contribution in [2.24, 2.45) is 0 Å². The highest BCUT2D eigenvalue weighted by Crippen LogP contribution is 2.17. The molecule has 0 aromatic carbocycles. The minimum atomic E-state index is -0.356. The van der Waals surface area contributed by atoms with Gasteiger partial charge in [-0.1, -0.05) is 13.8 Å². The third-order valence-electron chi connectivity index (χ3n) is 2.31. The standard InChI is InChI=1S/C10H18N4O/c1-3-7(15)5-12-10-8(4-2)9(11)13-6-14-10/h6-7,15H,3-5H2,1-2H3,(H3,11,12,13,14). The number of nitrogens with zero attached hydrogens (tertiary/aromatic N) is 2. The molecule has 0 aliphatic rings.